The summed E-state index contributed by atoms with van der Waals surface area (Å²) in [5.74, 6) is -0.0239. The Hall–Kier alpha value is -2.78. The van der Waals surface area contributed by atoms with Crippen molar-refractivity contribution in [2.24, 2.45) is 5.92 Å². The summed E-state index contributed by atoms with van der Waals surface area (Å²) in [6.07, 6.45) is 1.01. The largest absolute Gasteiger partial charge is 0.497 e. The van der Waals surface area contributed by atoms with E-state index in [0.717, 1.165) is 16.1 Å². The summed E-state index contributed by atoms with van der Waals surface area (Å²) in [6.45, 7) is 5.60. The molecule has 0 fully saturated rings. The number of benzene rings is 2. The van der Waals surface area contributed by atoms with Gasteiger partial charge in [-0.25, -0.2) is 8.42 Å². The molecule has 10 heteroatoms. The maximum Gasteiger partial charge on any atom is 0.244 e. The number of methoxy groups -OCH3 is 1. The average molecular weight is 510 g/mol. The second-order valence-corrected chi connectivity index (χ2v) is 10.7. The molecule has 0 radical (unpaired) electrons. The van der Waals surface area contributed by atoms with Crippen LogP contribution in [0, 0.1) is 5.92 Å². The monoisotopic (exact) mass is 509 g/mol. The van der Waals surface area contributed by atoms with E-state index in [0.29, 0.717) is 12.3 Å². The third-order valence-corrected chi connectivity index (χ3v) is 6.59. The number of ether oxygens (including phenoxy) is 1. The zero-order valence-corrected chi connectivity index (χ0v) is 21.7. The van der Waals surface area contributed by atoms with Gasteiger partial charge in [0.05, 0.1) is 24.1 Å². The molecule has 8 nitrogen and oxygen atoms in total. The maximum absolute atomic E-state index is 13.5. The SMILES string of the molecule is COc1cccc(CN(C(=O)CN(c2ccccc2Cl)S(C)(=O)=O)[C@@H](C)C(=O)NCC(C)C)c1. The highest BCUT2D eigenvalue weighted by Crippen LogP contribution is 2.27. The van der Waals surface area contributed by atoms with Gasteiger partial charge in [0.2, 0.25) is 21.8 Å². The number of nitrogens with zero attached hydrogens (tertiary/aromatic N) is 2. The fourth-order valence-corrected chi connectivity index (χ4v) is 4.40. The van der Waals surface area contributed by atoms with Crippen LogP contribution in [0.5, 0.6) is 5.75 Å². The van der Waals surface area contributed by atoms with Gasteiger partial charge >= 0.3 is 0 Å². The summed E-state index contributed by atoms with van der Waals surface area (Å²) in [6, 6.07) is 12.7. The van der Waals surface area contributed by atoms with Crippen LogP contribution in [-0.2, 0) is 26.2 Å². The fraction of sp³-hybridized carbons (Fsp3) is 0.417. The van der Waals surface area contributed by atoms with Gasteiger partial charge in [-0.1, -0.05) is 49.7 Å². The van der Waals surface area contributed by atoms with E-state index in [-0.39, 0.29) is 29.1 Å². The summed E-state index contributed by atoms with van der Waals surface area (Å²) in [5.41, 5.74) is 0.929. The molecule has 2 amide bonds. The first-order valence-corrected chi connectivity index (χ1v) is 13.1. The van der Waals surface area contributed by atoms with Crippen LogP contribution in [0.4, 0.5) is 5.69 Å². The molecule has 0 aliphatic rings. The molecule has 0 saturated carbocycles. The number of halogens is 1. The molecule has 2 aromatic carbocycles. The molecule has 2 aromatic rings. The summed E-state index contributed by atoms with van der Waals surface area (Å²) in [4.78, 5) is 27.7. The highest BCUT2D eigenvalue weighted by atomic mass is 35.5. The Bertz CT molecular complexity index is 1110. The number of carbonyl (C=O) groups is 2. The van der Waals surface area contributed by atoms with Crippen LogP contribution < -0.4 is 14.4 Å². The summed E-state index contributed by atoms with van der Waals surface area (Å²) >= 11 is 6.23. The number of hydrogen-bond donors (Lipinski definition) is 1. The minimum atomic E-state index is -3.84. The number of nitrogens with one attached hydrogen (secondary N) is 1. The van der Waals surface area contributed by atoms with Crippen LogP contribution >= 0.6 is 11.6 Å². The predicted molar refractivity (Wildman–Crippen MR) is 134 cm³/mol. The smallest absolute Gasteiger partial charge is 0.244 e. The summed E-state index contributed by atoms with van der Waals surface area (Å²) in [5, 5.41) is 3.04. The van der Waals surface area contributed by atoms with Crippen LogP contribution in [0.15, 0.2) is 48.5 Å². The molecule has 0 heterocycles. The van der Waals surface area contributed by atoms with E-state index < -0.39 is 28.5 Å². The first-order chi connectivity index (χ1) is 15.9. The van der Waals surface area contributed by atoms with Crippen LogP contribution in [0.25, 0.3) is 0 Å². The van der Waals surface area contributed by atoms with Crippen LogP contribution in [-0.4, -0.2) is 57.6 Å². The molecular formula is C24H32ClN3O5S. The van der Waals surface area contributed by atoms with E-state index in [1.807, 2.05) is 19.9 Å². The minimum absolute atomic E-state index is 0.0897. The second-order valence-electron chi connectivity index (χ2n) is 8.41. The number of carbonyl (C=O) groups excluding carboxylic acids is 2. The van der Waals surface area contributed by atoms with E-state index >= 15 is 0 Å². The number of sulfonamides is 1. The number of rotatable bonds is 11. The molecule has 0 aromatic heterocycles. The van der Waals surface area contributed by atoms with Crippen LogP contribution in [0.2, 0.25) is 5.02 Å². The maximum atomic E-state index is 13.5. The predicted octanol–water partition coefficient (Wildman–Crippen LogP) is 3.30. The highest BCUT2D eigenvalue weighted by Gasteiger charge is 2.30. The Morgan fingerprint density at radius 3 is 2.35 bits per heavy atom. The zero-order valence-electron chi connectivity index (χ0n) is 20.1. The van der Waals surface area contributed by atoms with Crippen molar-refractivity contribution in [2.75, 3.05) is 30.8 Å². The molecule has 1 N–H and O–H groups in total. The lowest BCUT2D eigenvalue weighted by atomic mass is 10.1. The lowest BCUT2D eigenvalue weighted by molar-refractivity contribution is -0.139. The zero-order chi connectivity index (χ0) is 25.5. The van der Waals surface area contributed by atoms with Crippen molar-refractivity contribution in [1.82, 2.24) is 10.2 Å². The molecular weight excluding hydrogens is 478 g/mol. The molecule has 0 unspecified atom stereocenters. The molecule has 186 valence electrons. The van der Waals surface area contributed by atoms with Crippen LogP contribution in [0.1, 0.15) is 26.3 Å². The second kappa shape index (κ2) is 12.1. The van der Waals surface area contributed by atoms with Crippen molar-refractivity contribution in [3.63, 3.8) is 0 Å². The average Bonchev–Trinajstić information content (AvgIpc) is 2.78. The van der Waals surface area contributed by atoms with Crippen molar-refractivity contribution in [3.8, 4) is 5.75 Å². The number of anilines is 1. The van der Waals surface area contributed by atoms with E-state index in [1.54, 1.807) is 43.3 Å². The summed E-state index contributed by atoms with van der Waals surface area (Å²) < 4.78 is 31.4. The number of hydrogen-bond acceptors (Lipinski definition) is 5. The fourth-order valence-electron chi connectivity index (χ4n) is 3.25. The molecule has 0 spiro atoms. The number of para-hydroxylation sites is 1. The van der Waals surface area contributed by atoms with Crippen LogP contribution in [0.3, 0.4) is 0 Å². The number of amides is 2. The van der Waals surface area contributed by atoms with E-state index in [2.05, 4.69) is 5.32 Å². The van der Waals surface area contributed by atoms with Gasteiger partial charge in [0, 0.05) is 13.1 Å². The molecule has 2 rings (SSSR count). The topological polar surface area (TPSA) is 96.0 Å². The first-order valence-electron chi connectivity index (χ1n) is 10.9. The van der Waals surface area contributed by atoms with Crippen molar-refractivity contribution in [2.45, 2.75) is 33.4 Å². The third-order valence-electron chi connectivity index (χ3n) is 5.14. The van der Waals surface area contributed by atoms with Crippen molar-refractivity contribution in [1.29, 1.82) is 0 Å². The Morgan fingerprint density at radius 1 is 1.09 bits per heavy atom. The Balaban J connectivity index is 2.39. The van der Waals surface area contributed by atoms with E-state index in [4.69, 9.17) is 16.3 Å². The lowest BCUT2D eigenvalue weighted by Crippen LogP contribution is -2.51. The van der Waals surface area contributed by atoms with Crippen molar-refractivity contribution in [3.05, 3.63) is 59.1 Å². The quantitative estimate of drug-likeness (QED) is 0.501. The Morgan fingerprint density at radius 2 is 1.76 bits per heavy atom. The highest BCUT2D eigenvalue weighted by molar-refractivity contribution is 7.92. The van der Waals surface area contributed by atoms with Gasteiger partial charge in [-0.05, 0) is 42.7 Å². The normalized spacial score (nSPS) is 12.2. The molecule has 0 aliphatic carbocycles. The first kappa shape index (κ1) is 27.5. The van der Waals surface area contributed by atoms with Gasteiger partial charge in [0.25, 0.3) is 0 Å². The minimum Gasteiger partial charge on any atom is -0.497 e. The Labute approximate surface area is 206 Å². The van der Waals surface area contributed by atoms with Gasteiger partial charge < -0.3 is 15.0 Å². The molecule has 0 bridgehead atoms. The molecule has 34 heavy (non-hydrogen) atoms. The van der Waals surface area contributed by atoms with Gasteiger partial charge in [-0.15, -0.1) is 0 Å². The summed E-state index contributed by atoms with van der Waals surface area (Å²) in [7, 11) is -2.30. The van der Waals surface area contributed by atoms with Gasteiger partial charge in [0.1, 0.15) is 18.3 Å². The van der Waals surface area contributed by atoms with Gasteiger partial charge in [-0.3, -0.25) is 13.9 Å². The lowest BCUT2D eigenvalue weighted by Gasteiger charge is -2.32. The van der Waals surface area contributed by atoms with Gasteiger partial charge in [0.15, 0.2) is 0 Å². The molecule has 1 atom stereocenters. The Kier molecular flexibility index (Phi) is 9.76. The molecule has 0 aliphatic heterocycles. The van der Waals surface area contributed by atoms with E-state index in [9.17, 15) is 18.0 Å². The van der Waals surface area contributed by atoms with Crippen molar-refractivity contribution >= 4 is 39.1 Å². The standard InChI is InChI=1S/C24H32ClN3O5S/c1-17(2)14-26-24(30)18(3)27(15-19-9-8-10-20(13-19)33-4)23(29)16-28(34(5,31)32)22-12-7-6-11-21(22)25/h6-13,17-18H,14-16H2,1-5H3,(H,26,30)/t18-/m0/s1. The molecule has 0 saturated heterocycles. The third kappa shape index (κ3) is 7.63. The van der Waals surface area contributed by atoms with Crippen molar-refractivity contribution < 1.29 is 22.7 Å². The van der Waals surface area contributed by atoms with E-state index in [1.165, 1.54) is 18.1 Å². The van der Waals surface area contributed by atoms with Gasteiger partial charge in [-0.2, -0.15) is 0 Å².